The monoisotopic (exact) mass is 357 g/mol. The van der Waals surface area contributed by atoms with Crippen LogP contribution in [0.25, 0.3) is 0 Å². The van der Waals surface area contributed by atoms with Gasteiger partial charge in [-0.2, -0.15) is 0 Å². The summed E-state index contributed by atoms with van der Waals surface area (Å²) in [6, 6.07) is 1.26. The van der Waals surface area contributed by atoms with Gasteiger partial charge in [0.2, 0.25) is 5.91 Å². The van der Waals surface area contributed by atoms with E-state index in [0.29, 0.717) is 19.2 Å². The van der Waals surface area contributed by atoms with Crippen LogP contribution in [0.15, 0.2) is 12.1 Å². The Morgan fingerprint density at radius 2 is 1.92 bits per heavy atom. The smallest absolute Gasteiger partial charge is 0.322 e. The van der Waals surface area contributed by atoms with Crippen LogP contribution < -0.4 is 5.32 Å². The molecule has 5 nitrogen and oxygen atoms in total. The van der Waals surface area contributed by atoms with Crippen LogP contribution in [0.4, 0.5) is 19.3 Å². The minimum Gasteiger partial charge on any atom is -0.336 e. The highest BCUT2D eigenvalue weighted by atomic mass is 35.5. The summed E-state index contributed by atoms with van der Waals surface area (Å²) in [6.07, 6.45) is 4.27. The van der Waals surface area contributed by atoms with Crippen molar-refractivity contribution in [2.75, 3.05) is 25.0 Å². The van der Waals surface area contributed by atoms with Gasteiger partial charge in [0.15, 0.2) is 0 Å². The zero-order valence-electron chi connectivity index (χ0n) is 13.0. The minimum atomic E-state index is -0.950. The van der Waals surface area contributed by atoms with Crippen LogP contribution >= 0.6 is 11.6 Å². The highest BCUT2D eigenvalue weighted by molar-refractivity contribution is 6.33. The van der Waals surface area contributed by atoms with Crippen LogP contribution in [0.1, 0.15) is 25.7 Å². The SMILES string of the molecule is O=C(Nc1cc(F)cc(F)c1Cl)N1CCN(C2CCCC2)C(=O)C1. The van der Waals surface area contributed by atoms with E-state index in [4.69, 9.17) is 11.6 Å². The van der Waals surface area contributed by atoms with Gasteiger partial charge in [0.1, 0.15) is 23.2 Å². The molecule has 0 bridgehead atoms. The summed E-state index contributed by atoms with van der Waals surface area (Å²) in [6.45, 7) is 0.809. The van der Waals surface area contributed by atoms with E-state index < -0.39 is 17.7 Å². The third-order valence-corrected chi connectivity index (χ3v) is 4.93. The molecule has 1 saturated carbocycles. The number of carbonyl (C=O) groups excluding carboxylic acids is 2. The number of anilines is 1. The molecule has 2 aliphatic rings. The van der Waals surface area contributed by atoms with Crippen molar-refractivity contribution in [2.24, 2.45) is 0 Å². The molecule has 3 rings (SSSR count). The van der Waals surface area contributed by atoms with Crippen molar-refractivity contribution in [2.45, 2.75) is 31.7 Å². The number of hydrogen-bond donors (Lipinski definition) is 1. The van der Waals surface area contributed by atoms with E-state index in [-0.39, 0.29) is 29.2 Å². The first-order chi connectivity index (χ1) is 11.5. The zero-order valence-corrected chi connectivity index (χ0v) is 13.8. The molecule has 0 unspecified atom stereocenters. The maximum atomic E-state index is 13.4. The topological polar surface area (TPSA) is 52.7 Å². The molecule has 0 atom stereocenters. The highest BCUT2D eigenvalue weighted by Gasteiger charge is 2.33. The van der Waals surface area contributed by atoms with Crippen molar-refractivity contribution in [3.8, 4) is 0 Å². The first-order valence-electron chi connectivity index (χ1n) is 7.95. The lowest BCUT2D eigenvalue weighted by atomic mass is 10.2. The lowest BCUT2D eigenvalue weighted by molar-refractivity contribution is -0.137. The molecule has 1 aliphatic carbocycles. The van der Waals surface area contributed by atoms with Crippen molar-refractivity contribution in [1.82, 2.24) is 9.80 Å². The van der Waals surface area contributed by atoms with Gasteiger partial charge >= 0.3 is 6.03 Å². The fraction of sp³-hybridized carbons (Fsp3) is 0.500. The Labute approximate surface area is 143 Å². The lowest BCUT2D eigenvalue weighted by Crippen LogP contribution is -2.55. The number of nitrogens with one attached hydrogen (secondary N) is 1. The molecule has 0 spiro atoms. The Morgan fingerprint density at radius 1 is 1.21 bits per heavy atom. The molecule has 8 heteroatoms. The Bertz CT molecular complexity index is 665. The second-order valence-electron chi connectivity index (χ2n) is 6.13. The molecule has 0 aromatic heterocycles. The third-order valence-electron chi connectivity index (χ3n) is 4.54. The molecule has 130 valence electrons. The number of carbonyl (C=O) groups is 2. The van der Waals surface area contributed by atoms with Gasteiger partial charge in [0.25, 0.3) is 0 Å². The van der Waals surface area contributed by atoms with E-state index >= 15 is 0 Å². The normalized spacial score (nSPS) is 19.0. The molecule has 24 heavy (non-hydrogen) atoms. The van der Waals surface area contributed by atoms with E-state index in [1.807, 2.05) is 4.90 Å². The van der Waals surface area contributed by atoms with Gasteiger partial charge in [-0.1, -0.05) is 24.4 Å². The number of amides is 3. The zero-order chi connectivity index (χ0) is 17.3. The summed E-state index contributed by atoms with van der Waals surface area (Å²) < 4.78 is 26.7. The number of benzene rings is 1. The number of piperazine rings is 1. The summed E-state index contributed by atoms with van der Waals surface area (Å²) in [7, 11) is 0. The van der Waals surface area contributed by atoms with Gasteiger partial charge in [-0.3, -0.25) is 4.79 Å². The molecule has 1 N–H and O–H groups in total. The molecule has 1 aliphatic heterocycles. The number of hydrogen-bond acceptors (Lipinski definition) is 2. The molecule has 1 aromatic rings. The molecular formula is C16H18ClF2N3O2. The highest BCUT2D eigenvalue weighted by Crippen LogP contribution is 2.27. The Morgan fingerprint density at radius 3 is 2.58 bits per heavy atom. The first kappa shape index (κ1) is 17.0. The maximum absolute atomic E-state index is 13.4. The second kappa shape index (κ2) is 6.93. The summed E-state index contributed by atoms with van der Waals surface area (Å²) in [4.78, 5) is 27.7. The van der Waals surface area contributed by atoms with Crippen molar-refractivity contribution >= 4 is 29.2 Å². The molecule has 1 saturated heterocycles. The van der Waals surface area contributed by atoms with E-state index in [1.165, 1.54) is 4.90 Å². The first-order valence-corrected chi connectivity index (χ1v) is 8.33. The third kappa shape index (κ3) is 3.45. The predicted octanol–water partition coefficient (Wildman–Crippen LogP) is 3.24. The summed E-state index contributed by atoms with van der Waals surface area (Å²) >= 11 is 5.74. The Hall–Kier alpha value is -1.89. The molecule has 1 aromatic carbocycles. The maximum Gasteiger partial charge on any atom is 0.322 e. The van der Waals surface area contributed by atoms with Gasteiger partial charge in [0, 0.05) is 25.2 Å². The summed E-state index contributed by atoms with van der Waals surface area (Å²) in [5.74, 6) is -1.89. The largest absolute Gasteiger partial charge is 0.336 e. The van der Waals surface area contributed by atoms with E-state index in [9.17, 15) is 18.4 Å². The fourth-order valence-corrected chi connectivity index (χ4v) is 3.46. The van der Waals surface area contributed by atoms with E-state index in [0.717, 1.165) is 31.7 Å². The molecule has 2 fully saturated rings. The summed E-state index contributed by atoms with van der Waals surface area (Å²) in [5, 5.41) is 2.01. The number of halogens is 3. The van der Waals surface area contributed by atoms with Crippen molar-refractivity contribution in [1.29, 1.82) is 0 Å². The Kier molecular flexibility index (Phi) is 4.89. The standard InChI is InChI=1S/C16H18ClF2N3O2/c17-15-12(19)7-10(18)8-13(15)20-16(24)21-5-6-22(14(23)9-21)11-3-1-2-4-11/h7-8,11H,1-6,9H2,(H,20,24). The number of nitrogens with zero attached hydrogens (tertiary/aromatic N) is 2. The van der Waals surface area contributed by atoms with E-state index in [2.05, 4.69) is 5.32 Å². The average Bonchev–Trinajstić information content (AvgIpc) is 3.06. The Balaban J connectivity index is 1.63. The molecular weight excluding hydrogens is 340 g/mol. The van der Waals surface area contributed by atoms with Crippen LogP contribution in [0.5, 0.6) is 0 Å². The molecule has 1 heterocycles. The lowest BCUT2D eigenvalue weighted by Gasteiger charge is -2.37. The fourth-order valence-electron chi connectivity index (χ4n) is 3.30. The van der Waals surface area contributed by atoms with Crippen molar-refractivity contribution < 1.29 is 18.4 Å². The molecule has 3 amide bonds. The minimum absolute atomic E-state index is 0.0439. The van der Waals surface area contributed by atoms with Crippen molar-refractivity contribution in [3.63, 3.8) is 0 Å². The second-order valence-corrected chi connectivity index (χ2v) is 6.50. The van der Waals surface area contributed by atoms with Gasteiger partial charge in [-0.05, 0) is 18.9 Å². The predicted molar refractivity (Wildman–Crippen MR) is 85.9 cm³/mol. The van der Waals surface area contributed by atoms with E-state index in [1.54, 1.807) is 0 Å². The molecule has 0 radical (unpaired) electrons. The van der Waals surface area contributed by atoms with Crippen molar-refractivity contribution in [3.05, 3.63) is 28.8 Å². The number of urea groups is 1. The average molecular weight is 358 g/mol. The number of rotatable bonds is 2. The van der Waals surface area contributed by atoms with Crippen LogP contribution in [0.3, 0.4) is 0 Å². The van der Waals surface area contributed by atoms with Gasteiger partial charge in [-0.15, -0.1) is 0 Å². The van der Waals surface area contributed by atoms with Gasteiger partial charge in [-0.25, -0.2) is 13.6 Å². The van der Waals surface area contributed by atoms with Gasteiger partial charge < -0.3 is 15.1 Å². The van der Waals surface area contributed by atoms with Crippen LogP contribution in [0.2, 0.25) is 5.02 Å². The summed E-state index contributed by atoms with van der Waals surface area (Å²) in [5.41, 5.74) is -0.148. The quantitative estimate of drug-likeness (QED) is 0.826. The van der Waals surface area contributed by atoms with Gasteiger partial charge in [0.05, 0.1) is 5.69 Å². The van der Waals surface area contributed by atoms with Crippen LogP contribution in [-0.2, 0) is 4.79 Å². The van der Waals surface area contributed by atoms with Crippen LogP contribution in [0, 0.1) is 11.6 Å². The van der Waals surface area contributed by atoms with Crippen LogP contribution in [-0.4, -0.2) is 47.4 Å².